The van der Waals surface area contributed by atoms with Gasteiger partial charge in [-0.1, -0.05) is 35.8 Å². The van der Waals surface area contributed by atoms with Crippen LogP contribution < -0.4 is 5.43 Å². The van der Waals surface area contributed by atoms with Crippen LogP contribution >= 0.6 is 0 Å². The van der Waals surface area contributed by atoms with Gasteiger partial charge in [0.25, 0.3) is 0 Å². The molecule has 2 aromatic rings. The molecule has 0 saturated carbocycles. The van der Waals surface area contributed by atoms with Crippen molar-refractivity contribution >= 4 is 5.69 Å². The van der Waals surface area contributed by atoms with Crippen molar-refractivity contribution in [2.45, 2.75) is 50.9 Å². The Morgan fingerprint density at radius 3 is 2.83 bits per heavy atom. The number of aryl methyl sites for hydroxylation is 1. The highest BCUT2D eigenvalue weighted by Crippen LogP contribution is 2.44. The monoisotopic (exact) mass is 311 g/mol. The van der Waals surface area contributed by atoms with E-state index in [-0.39, 0.29) is 5.41 Å². The molecule has 23 heavy (non-hydrogen) atoms. The van der Waals surface area contributed by atoms with Gasteiger partial charge in [-0.15, -0.1) is 0 Å². The van der Waals surface area contributed by atoms with E-state index in [1.165, 1.54) is 43.2 Å². The molecule has 4 heteroatoms. The molecular weight excluding hydrogens is 286 g/mol. The number of anilines is 1. The first-order valence-electron chi connectivity index (χ1n) is 8.82. The summed E-state index contributed by atoms with van der Waals surface area (Å²) in [7, 11) is 0. The molecule has 1 N–H and O–H groups in total. The SMILES string of the molecule is CC1(c2nocc2NN2CCCCC2)CCCc2ccccc21. The second-order valence-corrected chi connectivity index (χ2v) is 7.08. The number of rotatable bonds is 3. The molecule has 0 amide bonds. The third-order valence-corrected chi connectivity index (χ3v) is 5.46. The molecule has 2 aliphatic rings. The predicted octanol–water partition coefficient (Wildman–Crippen LogP) is 4.13. The van der Waals surface area contributed by atoms with Crippen LogP contribution in [0.15, 0.2) is 35.1 Å². The zero-order chi connectivity index (χ0) is 15.7. The maximum atomic E-state index is 5.38. The maximum absolute atomic E-state index is 5.38. The van der Waals surface area contributed by atoms with Crippen LogP contribution in [0.1, 0.15) is 55.8 Å². The minimum atomic E-state index is -0.0695. The van der Waals surface area contributed by atoms with Crippen LogP contribution in [0, 0.1) is 0 Å². The van der Waals surface area contributed by atoms with E-state index in [9.17, 15) is 0 Å². The summed E-state index contributed by atoms with van der Waals surface area (Å²) >= 11 is 0. The number of nitrogens with one attached hydrogen (secondary N) is 1. The smallest absolute Gasteiger partial charge is 0.148 e. The van der Waals surface area contributed by atoms with Crippen LogP contribution in [0.5, 0.6) is 0 Å². The Balaban J connectivity index is 1.67. The Hall–Kier alpha value is -1.81. The number of piperidine rings is 1. The fourth-order valence-electron chi connectivity index (χ4n) is 4.18. The summed E-state index contributed by atoms with van der Waals surface area (Å²) in [4.78, 5) is 0. The molecular formula is C19H25N3O. The van der Waals surface area contributed by atoms with Crippen LogP contribution in [-0.4, -0.2) is 23.3 Å². The van der Waals surface area contributed by atoms with Crippen LogP contribution in [0.25, 0.3) is 0 Å². The molecule has 4 nitrogen and oxygen atoms in total. The van der Waals surface area contributed by atoms with Crippen molar-refractivity contribution in [1.29, 1.82) is 0 Å². The van der Waals surface area contributed by atoms with Crippen molar-refractivity contribution in [3.8, 4) is 0 Å². The van der Waals surface area contributed by atoms with Gasteiger partial charge in [0.15, 0.2) is 0 Å². The molecule has 2 heterocycles. The summed E-state index contributed by atoms with van der Waals surface area (Å²) in [6.45, 7) is 4.50. The van der Waals surface area contributed by atoms with Crippen molar-refractivity contribution in [3.05, 3.63) is 47.3 Å². The Morgan fingerprint density at radius 1 is 1.13 bits per heavy atom. The zero-order valence-corrected chi connectivity index (χ0v) is 13.8. The molecule has 1 aromatic heterocycles. The first-order chi connectivity index (χ1) is 11.3. The van der Waals surface area contributed by atoms with E-state index in [0.717, 1.165) is 30.9 Å². The highest BCUT2D eigenvalue weighted by atomic mass is 16.5. The minimum absolute atomic E-state index is 0.0695. The lowest BCUT2D eigenvalue weighted by Crippen LogP contribution is -2.36. The van der Waals surface area contributed by atoms with E-state index >= 15 is 0 Å². The number of benzene rings is 1. The average molecular weight is 311 g/mol. The Bertz CT molecular complexity index is 675. The number of nitrogens with zero attached hydrogens (tertiary/aromatic N) is 2. The van der Waals surface area contributed by atoms with E-state index in [1.54, 1.807) is 6.26 Å². The van der Waals surface area contributed by atoms with Gasteiger partial charge in [-0.05, 0) is 50.2 Å². The van der Waals surface area contributed by atoms with Gasteiger partial charge in [0, 0.05) is 18.5 Å². The molecule has 1 fully saturated rings. The normalized spacial score (nSPS) is 25.1. The second kappa shape index (κ2) is 6.00. The van der Waals surface area contributed by atoms with Crippen molar-refractivity contribution in [2.24, 2.45) is 0 Å². The van der Waals surface area contributed by atoms with E-state index in [4.69, 9.17) is 4.52 Å². The molecule has 4 rings (SSSR count). The molecule has 1 saturated heterocycles. The predicted molar refractivity (Wildman–Crippen MR) is 91.4 cm³/mol. The van der Waals surface area contributed by atoms with Gasteiger partial charge in [-0.25, -0.2) is 5.01 Å². The third kappa shape index (κ3) is 2.65. The fourth-order valence-corrected chi connectivity index (χ4v) is 4.18. The highest BCUT2D eigenvalue weighted by molar-refractivity contribution is 5.54. The first-order valence-corrected chi connectivity index (χ1v) is 8.82. The van der Waals surface area contributed by atoms with Gasteiger partial charge in [-0.3, -0.25) is 0 Å². The molecule has 1 aliphatic carbocycles. The minimum Gasteiger partial charge on any atom is -0.362 e. The molecule has 0 spiro atoms. The summed E-state index contributed by atoms with van der Waals surface area (Å²) < 4.78 is 5.38. The van der Waals surface area contributed by atoms with Crippen molar-refractivity contribution < 1.29 is 4.52 Å². The van der Waals surface area contributed by atoms with Gasteiger partial charge in [0.1, 0.15) is 17.6 Å². The summed E-state index contributed by atoms with van der Waals surface area (Å²) in [5, 5.41) is 6.72. The van der Waals surface area contributed by atoms with Crippen molar-refractivity contribution in [3.63, 3.8) is 0 Å². The first kappa shape index (κ1) is 14.8. The zero-order valence-electron chi connectivity index (χ0n) is 13.8. The number of aromatic nitrogens is 1. The van der Waals surface area contributed by atoms with Gasteiger partial charge < -0.3 is 9.95 Å². The topological polar surface area (TPSA) is 41.3 Å². The summed E-state index contributed by atoms with van der Waals surface area (Å²) in [5.41, 5.74) is 8.43. The van der Waals surface area contributed by atoms with E-state index in [0.29, 0.717) is 0 Å². The van der Waals surface area contributed by atoms with Gasteiger partial charge in [0.2, 0.25) is 0 Å². The Morgan fingerprint density at radius 2 is 1.96 bits per heavy atom. The molecule has 1 aliphatic heterocycles. The highest BCUT2D eigenvalue weighted by Gasteiger charge is 2.38. The van der Waals surface area contributed by atoms with Gasteiger partial charge >= 0.3 is 0 Å². The lowest BCUT2D eigenvalue weighted by molar-refractivity contribution is 0.272. The number of hydrogen-bond donors (Lipinski definition) is 1. The lowest BCUT2D eigenvalue weighted by atomic mass is 9.69. The van der Waals surface area contributed by atoms with Crippen molar-refractivity contribution in [1.82, 2.24) is 10.2 Å². The fraction of sp³-hybridized carbons (Fsp3) is 0.526. The average Bonchev–Trinajstić information content (AvgIpc) is 3.05. The summed E-state index contributed by atoms with van der Waals surface area (Å²) in [6, 6.07) is 8.79. The van der Waals surface area contributed by atoms with Crippen LogP contribution in [0.4, 0.5) is 5.69 Å². The second-order valence-electron chi connectivity index (χ2n) is 7.08. The molecule has 1 aromatic carbocycles. The summed E-state index contributed by atoms with van der Waals surface area (Å²) in [5.74, 6) is 0. The van der Waals surface area contributed by atoms with Gasteiger partial charge in [-0.2, -0.15) is 0 Å². The lowest BCUT2D eigenvalue weighted by Gasteiger charge is -2.36. The molecule has 122 valence electrons. The Labute approximate surface area is 137 Å². The Kier molecular flexibility index (Phi) is 3.85. The largest absolute Gasteiger partial charge is 0.362 e. The number of hydrogen-bond acceptors (Lipinski definition) is 4. The molecule has 1 atom stereocenters. The number of hydrazine groups is 1. The van der Waals surface area contributed by atoms with Crippen LogP contribution in [0.3, 0.4) is 0 Å². The van der Waals surface area contributed by atoms with Crippen molar-refractivity contribution in [2.75, 3.05) is 18.5 Å². The van der Waals surface area contributed by atoms with Gasteiger partial charge in [0.05, 0.1) is 0 Å². The summed E-state index contributed by atoms with van der Waals surface area (Å²) in [6.07, 6.45) is 9.10. The van der Waals surface area contributed by atoms with E-state index in [1.807, 2.05) is 0 Å². The van der Waals surface area contributed by atoms with E-state index < -0.39 is 0 Å². The number of fused-ring (bicyclic) bond motifs is 1. The molecule has 0 bridgehead atoms. The molecule has 1 unspecified atom stereocenters. The molecule has 0 radical (unpaired) electrons. The third-order valence-electron chi connectivity index (χ3n) is 5.46. The maximum Gasteiger partial charge on any atom is 0.148 e. The standard InChI is InChI=1S/C19H25N3O/c1-19(11-7-9-15-8-3-4-10-16(15)19)18-17(14-23-21-18)20-22-12-5-2-6-13-22/h3-4,8,10,14,20H,2,5-7,9,11-13H2,1H3. The van der Waals surface area contributed by atoms with Crippen LogP contribution in [0.2, 0.25) is 0 Å². The quantitative estimate of drug-likeness (QED) is 0.925. The van der Waals surface area contributed by atoms with Crippen LogP contribution in [-0.2, 0) is 11.8 Å². The van der Waals surface area contributed by atoms with E-state index in [2.05, 4.69) is 46.8 Å².